The molecule has 4 nitrogen and oxygen atoms in total. The highest BCUT2D eigenvalue weighted by Crippen LogP contribution is 2.28. The van der Waals surface area contributed by atoms with Gasteiger partial charge in [-0.15, -0.1) is 10.2 Å². The van der Waals surface area contributed by atoms with Gasteiger partial charge >= 0.3 is 0 Å². The highest BCUT2D eigenvalue weighted by Gasteiger charge is 2.12. The van der Waals surface area contributed by atoms with Crippen LogP contribution in [-0.4, -0.2) is 25.6 Å². The third-order valence-corrected chi connectivity index (χ3v) is 5.31. The van der Waals surface area contributed by atoms with Crippen molar-refractivity contribution in [1.29, 1.82) is 0 Å². The summed E-state index contributed by atoms with van der Waals surface area (Å²) in [4.78, 5) is 0.854. The van der Waals surface area contributed by atoms with E-state index in [-0.39, 0.29) is 0 Å². The monoisotopic (exact) mass is 368 g/mol. The molecule has 0 unspecified atom stereocenters. The zero-order valence-electron chi connectivity index (χ0n) is 10.9. The third-order valence-electron chi connectivity index (χ3n) is 2.71. The van der Waals surface area contributed by atoms with Crippen molar-refractivity contribution in [1.82, 2.24) is 19.8 Å². The average Bonchev–Trinajstić information content (AvgIpc) is 3.00. The van der Waals surface area contributed by atoms with Gasteiger partial charge in [-0.1, -0.05) is 46.3 Å². The average molecular weight is 369 g/mol. The summed E-state index contributed by atoms with van der Waals surface area (Å²) in [5.41, 5.74) is 1.10. The summed E-state index contributed by atoms with van der Waals surface area (Å²) in [7, 11) is 0. The summed E-state index contributed by atoms with van der Waals surface area (Å²) in [6.07, 6.45) is 1.17. The van der Waals surface area contributed by atoms with E-state index in [9.17, 15) is 0 Å². The van der Waals surface area contributed by atoms with Gasteiger partial charge in [0.05, 0.1) is 5.75 Å². The van der Waals surface area contributed by atoms with Crippen LogP contribution in [0.5, 0.6) is 0 Å². The first-order chi connectivity index (χ1) is 9.78. The van der Waals surface area contributed by atoms with Crippen LogP contribution in [0.1, 0.15) is 19.2 Å². The summed E-state index contributed by atoms with van der Waals surface area (Å²) < 4.78 is 2.92. The first kappa shape index (κ1) is 14.0. The maximum absolute atomic E-state index is 4.64. The molecule has 0 aliphatic rings. The van der Waals surface area contributed by atoms with E-state index in [1.807, 2.05) is 28.4 Å². The molecule has 0 amide bonds. The van der Waals surface area contributed by atoms with Crippen LogP contribution in [0.4, 0.5) is 0 Å². The van der Waals surface area contributed by atoms with Crippen LogP contribution in [0.25, 0.3) is 15.5 Å². The predicted octanol–water partition coefficient (Wildman–Crippen LogP) is 4.26. The number of halogens is 1. The van der Waals surface area contributed by atoms with Crippen LogP contribution in [-0.2, 0) is 5.75 Å². The van der Waals surface area contributed by atoms with Crippen molar-refractivity contribution in [2.75, 3.05) is 5.75 Å². The van der Waals surface area contributed by atoms with Crippen LogP contribution in [0.15, 0.2) is 28.7 Å². The highest BCUT2D eigenvalue weighted by molar-refractivity contribution is 9.10. The maximum Gasteiger partial charge on any atom is 0.235 e. The molecule has 0 aliphatic heterocycles. The lowest BCUT2D eigenvalue weighted by Crippen LogP contribution is -1.94. The standard InChI is InChI=1S/C13H13BrN4S2/c1-2-6-19-8-11-15-16-13-18(11)17-12(20-13)9-4-3-5-10(14)7-9/h3-5,7H,2,6,8H2,1H3. The molecule has 0 spiro atoms. The Morgan fingerprint density at radius 1 is 1.35 bits per heavy atom. The Hall–Kier alpha value is -0.920. The molecule has 0 saturated carbocycles. The Morgan fingerprint density at radius 2 is 2.25 bits per heavy atom. The number of thioether (sulfide) groups is 1. The number of hydrogen-bond donors (Lipinski definition) is 0. The van der Waals surface area contributed by atoms with E-state index < -0.39 is 0 Å². The summed E-state index contributed by atoms with van der Waals surface area (Å²) in [6.45, 7) is 2.18. The van der Waals surface area contributed by atoms with Crippen LogP contribution >= 0.6 is 39.0 Å². The molecule has 2 aromatic heterocycles. The van der Waals surface area contributed by atoms with Gasteiger partial charge < -0.3 is 0 Å². The second-order valence-electron chi connectivity index (χ2n) is 4.28. The van der Waals surface area contributed by atoms with Crippen molar-refractivity contribution in [2.45, 2.75) is 19.1 Å². The van der Waals surface area contributed by atoms with Crippen molar-refractivity contribution in [3.05, 3.63) is 34.6 Å². The summed E-state index contributed by atoms with van der Waals surface area (Å²) >= 11 is 6.92. The normalized spacial score (nSPS) is 11.3. The zero-order chi connectivity index (χ0) is 13.9. The SMILES string of the molecule is CCCSCc1nnc2sc(-c3cccc(Br)c3)nn12. The molecule has 2 heterocycles. The van der Waals surface area contributed by atoms with E-state index in [1.54, 1.807) is 11.3 Å². The largest absolute Gasteiger partial charge is 0.235 e. The number of aromatic nitrogens is 4. The summed E-state index contributed by atoms with van der Waals surface area (Å²) in [6, 6.07) is 8.15. The topological polar surface area (TPSA) is 43.1 Å². The van der Waals surface area contributed by atoms with Crippen molar-refractivity contribution in [3.63, 3.8) is 0 Å². The van der Waals surface area contributed by atoms with Crippen LogP contribution in [0.3, 0.4) is 0 Å². The van der Waals surface area contributed by atoms with Crippen molar-refractivity contribution in [3.8, 4) is 10.6 Å². The fraction of sp³-hybridized carbons (Fsp3) is 0.308. The second kappa shape index (κ2) is 6.24. The molecule has 0 aliphatic carbocycles. The first-order valence-electron chi connectivity index (χ1n) is 6.32. The molecule has 3 rings (SSSR count). The molecule has 1 aromatic carbocycles. The van der Waals surface area contributed by atoms with Crippen LogP contribution in [0, 0.1) is 0 Å². The Kier molecular flexibility index (Phi) is 4.38. The minimum Gasteiger partial charge on any atom is -0.186 e. The van der Waals surface area contributed by atoms with Crippen LogP contribution in [0.2, 0.25) is 0 Å². The molecule has 0 radical (unpaired) electrons. The molecule has 104 valence electrons. The summed E-state index contributed by atoms with van der Waals surface area (Å²) in [5, 5.41) is 14.0. The minimum absolute atomic E-state index is 0.854. The predicted molar refractivity (Wildman–Crippen MR) is 88.2 cm³/mol. The van der Waals surface area contributed by atoms with E-state index >= 15 is 0 Å². The molecule has 0 atom stereocenters. The molecular formula is C13H13BrN4S2. The van der Waals surface area contributed by atoms with Gasteiger partial charge in [-0.25, -0.2) is 0 Å². The van der Waals surface area contributed by atoms with Crippen molar-refractivity contribution >= 4 is 44.0 Å². The lowest BCUT2D eigenvalue weighted by molar-refractivity contribution is 0.887. The number of benzene rings is 1. The Bertz CT molecular complexity index is 722. The molecule has 0 N–H and O–H groups in total. The quantitative estimate of drug-likeness (QED) is 0.631. The molecule has 7 heteroatoms. The zero-order valence-corrected chi connectivity index (χ0v) is 14.1. The lowest BCUT2D eigenvalue weighted by Gasteiger charge is -1.97. The Morgan fingerprint density at radius 3 is 3.05 bits per heavy atom. The van der Waals surface area contributed by atoms with E-state index in [0.29, 0.717) is 0 Å². The fourth-order valence-electron chi connectivity index (χ4n) is 1.79. The number of hydrogen-bond acceptors (Lipinski definition) is 5. The highest BCUT2D eigenvalue weighted by atomic mass is 79.9. The molecule has 3 aromatic rings. The first-order valence-corrected chi connectivity index (χ1v) is 9.09. The molecule has 0 fully saturated rings. The van der Waals surface area contributed by atoms with Gasteiger partial charge in [-0.05, 0) is 24.3 Å². The van der Waals surface area contributed by atoms with Gasteiger partial charge in [0, 0.05) is 10.0 Å². The van der Waals surface area contributed by atoms with Gasteiger partial charge in [0.15, 0.2) is 5.82 Å². The lowest BCUT2D eigenvalue weighted by atomic mass is 10.2. The molecule has 0 saturated heterocycles. The minimum atomic E-state index is 0.854. The number of nitrogens with zero attached hydrogens (tertiary/aromatic N) is 4. The van der Waals surface area contributed by atoms with E-state index in [4.69, 9.17) is 0 Å². The van der Waals surface area contributed by atoms with E-state index in [0.717, 1.165) is 37.3 Å². The maximum atomic E-state index is 4.64. The van der Waals surface area contributed by atoms with E-state index in [1.165, 1.54) is 6.42 Å². The van der Waals surface area contributed by atoms with Gasteiger partial charge in [0.2, 0.25) is 4.96 Å². The number of fused-ring (bicyclic) bond motifs is 1. The van der Waals surface area contributed by atoms with Gasteiger partial charge in [-0.2, -0.15) is 21.4 Å². The summed E-state index contributed by atoms with van der Waals surface area (Å²) in [5.74, 6) is 2.92. The van der Waals surface area contributed by atoms with Gasteiger partial charge in [-0.3, -0.25) is 0 Å². The third kappa shape index (κ3) is 2.89. The fourth-order valence-corrected chi connectivity index (χ4v) is 3.84. The number of rotatable bonds is 5. The van der Waals surface area contributed by atoms with E-state index in [2.05, 4.69) is 50.3 Å². The molecule has 0 bridgehead atoms. The second-order valence-corrected chi connectivity index (χ2v) is 7.26. The van der Waals surface area contributed by atoms with Gasteiger partial charge in [0.25, 0.3) is 0 Å². The Balaban J connectivity index is 1.91. The molecule has 20 heavy (non-hydrogen) atoms. The smallest absolute Gasteiger partial charge is 0.186 e. The molecular weight excluding hydrogens is 356 g/mol. The van der Waals surface area contributed by atoms with Crippen molar-refractivity contribution < 1.29 is 0 Å². The van der Waals surface area contributed by atoms with Crippen molar-refractivity contribution in [2.24, 2.45) is 0 Å². The van der Waals surface area contributed by atoms with Gasteiger partial charge in [0.1, 0.15) is 5.01 Å². The Labute approximate surface area is 133 Å². The van der Waals surface area contributed by atoms with Crippen LogP contribution < -0.4 is 0 Å².